The van der Waals surface area contributed by atoms with Crippen LogP contribution in [0.15, 0.2) is 36.4 Å². The fraction of sp³-hybridized carbons (Fsp3) is 0.471. The van der Waals surface area contributed by atoms with Gasteiger partial charge >= 0.3 is 0 Å². The Morgan fingerprint density at radius 1 is 1.14 bits per heavy atom. The average Bonchev–Trinajstić information content (AvgIpc) is 3.24. The van der Waals surface area contributed by atoms with Crippen LogP contribution in [0, 0.1) is 17.8 Å². The molecule has 0 radical (unpaired) electrons. The van der Waals surface area contributed by atoms with Gasteiger partial charge in [0.05, 0.1) is 4.58 Å². The normalized spacial score (nSPS) is 31.0. The number of fused-ring (bicyclic) bond motifs is 2. The maximum Gasteiger partial charge on any atom is 0.228 e. The van der Waals surface area contributed by atoms with Gasteiger partial charge in [0.1, 0.15) is 0 Å². The van der Waals surface area contributed by atoms with Crippen molar-refractivity contribution in [2.45, 2.75) is 17.4 Å². The molecule has 1 aromatic rings. The van der Waals surface area contributed by atoms with E-state index in [0.29, 0.717) is 16.4 Å². The molecule has 2 bridgehead atoms. The summed E-state index contributed by atoms with van der Waals surface area (Å²) in [6, 6.07) is 8.39. The van der Waals surface area contributed by atoms with Crippen LogP contribution in [0.5, 0.6) is 0 Å². The van der Waals surface area contributed by atoms with Gasteiger partial charge in [-0.3, -0.25) is 4.79 Å². The lowest BCUT2D eigenvalue weighted by Crippen LogP contribution is -2.25. The standard InChI is InChI=1S/C17H19NOS2/c19-16(15-9-11-4-5-12(15)8-11)18-14-3-1-2-13(10-14)17-20-6-7-21-17/h1-5,10-12,15,17H,6-9H2,(H,18,19)/t11-,12-,15+/m0/s1. The summed E-state index contributed by atoms with van der Waals surface area (Å²) < 4.78 is 0.535. The van der Waals surface area contributed by atoms with E-state index in [9.17, 15) is 4.79 Å². The third kappa shape index (κ3) is 2.76. The van der Waals surface area contributed by atoms with Crippen molar-refractivity contribution in [3.63, 3.8) is 0 Å². The molecule has 0 spiro atoms. The number of carbonyl (C=O) groups excluding carboxylic acids is 1. The molecule has 4 rings (SSSR count). The van der Waals surface area contributed by atoms with E-state index in [2.05, 4.69) is 35.7 Å². The Kier molecular flexibility index (Phi) is 3.76. The Balaban J connectivity index is 1.45. The summed E-state index contributed by atoms with van der Waals surface area (Å²) in [5.41, 5.74) is 2.28. The van der Waals surface area contributed by atoms with Crippen LogP contribution in [-0.4, -0.2) is 17.4 Å². The van der Waals surface area contributed by atoms with Gasteiger partial charge in [-0.1, -0.05) is 24.3 Å². The zero-order chi connectivity index (χ0) is 14.2. The van der Waals surface area contributed by atoms with Crippen LogP contribution in [0.3, 0.4) is 0 Å². The maximum absolute atomic E-state index is 12.5. The topological polar surface area (TPSA) is 29.1 Å². The first kappa shape index (κ1) is 13.8. The molecule has 2 fully saturated rings. The van der Waals surface area contributed by atoms with Crippen molar-refractivity contribution >= 4 is 35.1 Å². The number of hydrogen-bond acceptors (Lipinski definition) is 3. The molecule has 21 heavy (non-hydrogen) atoms. The number of rotatable bonds is 3. The smallest absolute Gasteiger partial charge is 0.228 e. The summed E-state index contributed by atoms with van der Waals surface area (Å²) >= 11 is 4.00. The monoisotopic (exact) mass is 317 g/mol. The van der Waals surface area contributed by atoms with Crippen molar-refractivity contribution in [1.29, 1.82) is 0 Å². The third-order valence-electron chi connectivity index (χ3n) is 4.66. The molecule has 4 heteroatoms. The van der Waals surface area contributed by atoms with E-state index in [1.54, 1.807) is 0 Å². The van der Waals surface area contributed by atoms with E-state index in [1.807, 2.05) is 29.6 Å². The minimum atomic E-state index is 0.180. The molecule has 1 saturated carbocycles. The highest BCUT2D eigenvalue weighted by Crippen LogP contribution is 2.46. The number of allylic oxidation sites excluding steroid dienone is 2. The van der Waals surface area contributed by atoms with E-state index in [1.165, 1.54) is 23.5 Å². The molecule has 0 aromatic heterocycles. The highest BCUT2D eigenvalue weighted by Gasteiger charge is 2.39. The van der Waals surface area contributed by atoms with Gasteiger partial charge in [0.25, 0.3) is 0 Å². The largest absolute Gasteiger partial charge is 0.326 e. The first-order valence-corrected chi connectivity index (χ1v) is 9.72. The second-order valence-electron chi connectivity index (χ2n) is 6.07. The second-order valence-corrected chi connectivity index (χ2v) is 8.80. The quantitative estimate of drug-likeness (QED) is 0.842. The number of thioether (sulfide) groups is 2. The van der Waals surface area contributed by atoms with E-state index in [-0.39, 0.29) is 11.8 Å². The molecule has 2 aliphatic carbocycles. The molecule has 3 atom stereocenters. The van der Waals surface area contributed by atoms with Gasteiger partial charge in [0.2, 0.25) is 5.91 Å². The van der Waals surface area contributed by atoms with Gasteiger partial charge in [-0.25, -0.2) is 0 Å². The third-order valence-corrected chi connectivity index (χ3v) is 7.77. The highest BCUT2D eigenvalue weighted by molar-refractivity contribution is 8.19. The number of nitrogens with one attached hydrogen (secondary N) is 1. The first-order valence-electron chi connectivity index (χ1n) is 7.62. The molecular weight excluding hydrogens is 298 g/mol. The van der Waals surface area contributed by atoms with Crippen LogP contribution >= 0.6 is 23.5 Å². The highest BCUT2D eigenvalue weighted by atomic mass is 32.2. The zero-order valence-corrected chi connectivity index (χ0v) is 13.5. The van der Waals surface area contributed by atoms with Crippen molar-refractivity contribution in [3.05, 3.63) is 42.0 Å². The van der Waals surface area contributed by atoms with Crippen molar-refractivity contribution in [3.8, 4) is 0 Å². The molecule has 1 aromatic carbocycles. The van der Waals surface area contributed by atoms with Crippen LogP contribution in [0.1, 0.15) is 23.0 Å². The zero-order valence-electron chi connectivity index (χ0n) is 11.8. The molecule has 1 aliphatic heterocycles. The molecule has 2 nitrogen and oxygen atoms in total. The van der Waals surface area contributed by atoms with Crippen LogP contribution in [0.4, 0.5) is 5.69 Å². The Hall–Kier alpha value is -0.870. The van der Waals surface area contributed by atoms with Crippen LogP contribution in [0.25, 0.3) is 0 Å². The van der Waals surface area contributed by atoms with E-state index >= 15 is 0 Å². The number of carbonyl (C=O) groups is 1. The van der Waals surface area contributed by atoms with Crippen molar-refractivity contribution < 1.29 is 4.79 Å². The fourth-order valence-corrected chi connectivity index (χ4v) is 6.47. The van der Waals surface area contributed by atoms with E-state index < -0.39 is 0 Å². The van der Waals surface area contributed by atoms with Crippen LogP contribution in [-0.2, 0) is 4.79 Å². The maximum atomic E-state index is 12.5. The second kappa shape index (κ2) is 5.73. The van der Waals surface area contributed by atoms with Gasteiger partial charge in [-0.15, -0.1) is 23.5 Å². The summed E-state index contributed by atoms with van der Waals surface area (Å²) in [5.74, 6) is 3.95. The molecule has 1 heterocycles. The van der Waals surface area contributed by atoms with Crippen LogP contribution < -0.4 is 5.32 Å². The number of benzene rings is 1. The van der Waals surface area contributed by atoms with Crippen molar-refractivity contribution in [1.82, 2.24) is 0 Å². The van der Waals surface area contributed by atoms with Gasteiger partial charge in [-0.2, -0.15) is 0 Å². The van der Waals surface area contributed by atoms with E-state index in [4.69, 9.17) is 0 Å². The molecular formula is C17H19NOS2. The molecule has 1 saturated heterocycles. The molecule has 0 unspecified atom stereocenters. The number of amides is 1. The van der Waals surface area contributed by atoms with Gasteiger partial charge < -0.3 is 5.32 Å². The number of hydrogen-bond donors (Lipinski definition) is 1. The van der Waals surface area contributed by atoms with Crippen molar-refractivity contribution in [2.75, 3.05) is 16.8 Å². The molecule has 1 amide bonds. The minimum absolute atomic E-state index is 0.180. The van der Waals surface area contributed by atoms with E-state index in [0.717, 1.165) is 12.1 Å². The summed E-state index contributed by atoms with van der Waals surface area (Å²) in [6.45, 7) is 0. The Morgan fingerprint density at radius 2 is 2.00 bits per heavy atom. The predicted molar refractivity (Wildman–Crippen MR) is 91.6 cm³/mol. The predicted octanol–water partition coefficient (Wildman–Crippen LogP) is 4.32. The Bertz CT molecular complexity index is 580. The summed E-state index contributed by atoms with van der Waals surface area (Å²) in [7, 11) is 0. The summed E-state index contributed by atoms with van der Waals surface area (Å²) in [6.07, 6.45) is 6.72. The molecule has 3 aliphatic rings. The minimum Gasteiger partial charge on any atom is -0.326 e. The Labute approximate surface area is 134 Å². The van der Waals surface area contributed by atoms with Gasteiger partial charge in [0.15, 0.2) is 0 Å². The number of anilines is 1. The summed E-state index contributed by atoms with van der Waals surface area (Å²) in [4.78, 5) is 12.5. The lowest BCUT2D eigenvalue weighted by molar-refractivity contribution is -0.120. The lowest BCUT2D eigenvalue weighted by atomic mass is 9.93. The van der Waals surface area contributed by atoms with Gasteiger partial charge in [0, 0.05) is 23.1 Å². The van der Waals surface area contributed by atoms with Crippen LogP contribution in [0.2, 0.25) is 0 Å². The molecule has 110 valence electrons. The van der Waals surface area contributed by atoms with Gasteiger partial charge in [-0.05, 0) is 42.4 Å². The summed E-state index contributed by atoms with van der Waals surface area (Å²) in [5, 5.41) is 3.14. The Morgan fingerprint density at radius 3 is 2.71 bits per heavy atom. The average molecular weight is 317 g/mol. The molecule has 1 N–H and O–H groups in total. The lowest BCUT2D eigenvalue weighted by Gasteiger charge is -2.18. The first-order chi connectivity index (χ1) is 10.3. The fourth-order valence-electron chi connectivity index (χ4n) is 3.63. The SMILES string of the molecule is O=C(Nc1cccc(C2SCCS2)c1)[C@@H]1C[C@H]2C=C[C@H]1C2. The van der Waals surface area contributed by atoms with Crippen molar-refractivity contribution in [2.24, 2.45) is 17.8 Å².